The molecule has 2 rings (SSSR count). The van der Waals surface area contributed by atoms with Crippen molar-refractivity contribution in [3.8, 4) is 0 Å². The highest BCUT2D eigenvalue weighted by Crippen LogP contribution is 2.17. The van der Waals surface area contributed by atoms with Crippen LogP contribution < -0.4 is 5.32 Å². The van der Waals surface area contributed by atoms with E-state index in [1.54, 1.807) is 5.38 Å². The van der Waals surface area contributed by atoms with E-state index >= 15 is 0 Å². The molecular formula is C18H20N2O4S. The zero-order valence-corrected chi connectivity index (χ0v) is 15.2. The number of Topliss-reactive ketones (excluding diaryl/α,β-unsaturated/α-hetero) is 1. The second kappa shape index (κ2) is 8.53. The maximum absolute atomic E-state index is 12.2. The molecule has 0 aliphatic carbocycles. The predicted molar refractivity (Wildman–Crippen MR) is 95.7 cm³/mol. The molecular weight excluding hydrogens is 340 g/mol. The molecule has 1 aromatic heterocycles. The second-order valence-electron chi connectivity index (χ2n) is 5.73. The van der Waals surface area contributed by atoms with E-state index in [0.29, 0.717) is 16.4 Å². The van der Waals surface area contributed by atoms with Crippen LogP contribution in [0.15, 0.2) is 23.6 Å². The van der Waals surface area contributed by atoms with E-state index in [2.05, 4.69) is 10.3 Å². The molecule has 0 saturated heterocycles. The van der Waals surface area contributed by atoms with Gasteiger partial charge in [0.2, 0.25) is 5.91 Å². The summed E-state index contributed by atoms with van der Waals surface area (Å²) in [6.07, 6.45) is 0.131. The van der Waals surface area contributed by atoms with Gasteiger partial charge in [-0.2, -0.15) is 0 Å². The highest BCUT2D eigenvalue weighted by molar-refractivity contribution is 7.13. The smallest absolute Gasteiger partial charge is 0.306 e. The second-order valence-corrected chi connectivity index (χ2v) is 6.59. The lowest BCUT2D eigenvalue weighted by Crippen LogP contribution is -2.10. The van der Waals surface area contributed by atoms with Gasteiger partial charge >= 0.3 is 5.97 Å². The van der Waals surface area contributed by atoms with Crippen molar-refractivity contribution in [1.29, 1.82) is 0 Å². The minimum absolute atomic E-state index is 0.0204. The minimum Gasteiger partial charge on any atom is -0.459 e. The number of amides is 1. The van der Waals surface area contributed by atoms with Crippen molar-refractivity contribution in [2.75, 3.05) is 5.32 Å². The zero-order chi connectivity index (χ0) is 18.4. The van der Waals surface area contributed by atoms with E-state index in [-0.39, 0.29) is 31.1 Å². The Hall–Kier alpha value is -2.54. The third-order valence-electron chi connectivity index (χ3n) is 3.47. The Morgan fingerprint density at radius 1 is 1.20 bits per heavy atom. The van der Waals surface area contributed by atoms with Gasteiger partial charge < -0.3 is 10.1 Å². The summed E-state index contributed by atoms with van der Waals surface area (Å²) < 4.78 is 5.13. The number of carbonyl (C=O) groups excluding carboxylic acids is 3. The number of anilines is 1. The highest BCUT2D eigenvalue weighted by Gasteiger charge is 2.13. The van der Waals surface area contributed by atoms with Gasteiger partial charge in [0.05, 0.1) is 12.1 Å². The maximum atomic E-state index is 12.2. The number of thiazole rings is 1. The average molecular weight is 360 g/mol. The standard InChI is InChI=1S/C18H20N2O4S/c1-11-4-5-12(2)15(8-11)16(22)6-7-17(23)24-9-14-10-25-18(20-14)19-13(3)21/h4-5,8,10H,6-7,9H2,1-3H3,(H,19,20,21). The first kappa shape index (κ1) is 18.8. The number of aryl methyl sites for hydroxylation is 2. The van der Waals surface area contributed by atoms with Crippen molar-refractivity contribution in [1.82, 2.24) is 4.98 Å². The molecule has 0 fully saturated rings. The molecule has 2 aromatic rings. The Labute approximate surface area is 150 Å². The molecule has 1 N–H and O–H groups in total. The topological polar surface area (TPSA) is 85.4 Å². The molecule has 0 atom stereocenters. The van der Waals surface area contributed by atoms with E-state index in [1.807, 2.05) is 32.0 Å². The van der Waals surface area contributed by atoms with Gasteiger partial charge in [-0.15, -0.1) is 11.3 Å². The molecule has 0 aliphatic heterocycles. The van der Waals surface area contributed by atoms with Crippen molar-refractivity contribution in [2.45, 2.75) is 40.2 Å². The number of ether oxygens (including phenoxy) is 1. The normalized spacial score (nSPS) is 10.4. The molecule has 1 amide bonds. The molecule has 25 heavy (non-hydrogen) atoms. The first-order chi connectivity index (χ1) is 11.8. The van der Waals surface area contributed by atoms with Crippen LogP contribution in [-0.2, 0) is 20.9 Å². The SMILES string of the molecule is CC(=O)Nc1nc(COC(=O)CCC(=O)c2cc(C)ccc2C)cs1. The van der Waals surface area contributed by atoms with E-state index in [9.17, 15) is 14.4 Å². The molecule has 0 saturated carbocycles. The van der Waals surface area contributed by atoms with Gasteiger partial charge in [0.25, 0.3) is 0 Å². The fourth-order valence-corrected chi connectivity index (χ4v) is 2.94. The zero-order valence-electron chi connectivity index (χ0n) is 14.4. The van der Waals surface area contributed by atoms with Crippen molar-refractivity contribution < 1.29 is 19.1 Å². The van der Waals surface area contributed by atoms with E-state index in [4.69, 9.17) is 4.74 Å². The third-order valence-corrected chi connectivity index (χ3v) is 4.27. The largest absolute Gasteiger partial charge is 0.459 e. The number of hydrogen-bond donors (Lipinski definition) is 1. The van der Waals surface area contributed by atoms with Crippen LogP contribution >= 0.6 is 11.3 Å². The predicted octanol–water partition coefficient (Wildman–Crippen LogP) is 3.42. The summed E-state index contributed by atoms with van der Waals surface area (Å²) in [5, 5.41) is 4.73. The van der Waals surface area contributed by atoms with Crippen LogP contribution in [-0.4, -0.2) is 22.6 Å². The lowest BCUT2D eigenvalue weighted by molar-refractivity contribution is -0.145. The number of carbonyl (C=O) groups is 3. The molecule has 0 unspecified atom stereocenters. The molecule has 0 spiro atoms. The number of nitrogens with one attached hydrogen (secondary N) is 1. The molecule has 0 bridgehead atoms. The molecule has 6 nitrogen and oxygen atoms in total. The minimum atomic E-state index is -0.451. The third kappa shape index (κ3) is 5.79. The summed E-state index contributed by atoms with van der Waals surface area (Å²) in [4.78, 5) is 39.1. The Kier molecular flexibility index (Phi) is 6.41. The van der Waals surface area contributed by atoms with Crippen molar-refractivity contribution in [3.63, 3.8) is 0 Å². The van der Waals surface area contributed by atoms with Gasteiger partial charge in [0.1, 0.15) is 6.61 Å². The molecule has 132 valence electrons. The number of ketones is 1. The van der Waals surface area contributed by atoms with E-state index in [0.717, 1.165) is 11.1 Å². The number of aromatic nitrogens is 1. The van der Waals surface area contributed by atoms with E-state index in [1.165, 1.54) is 18.3 Å². The summed E-state index contributed by atoms with van der Waals surface area (Å²) in [6.45, 7) is 5.22. The van der Waals surface area contributed by atoms with Crippen LogP contribution in [0.1, 0.15) is 46.9 Å². The van der Waals surface area contributed by atoms with Gasteiger partial charge in [0, 0.05) is 24.3 Å². The maximum Gasteiger partial charge on any atom is 0.306 e. The van der Waals surface area contributed by atoms with Crippen LogP contribution in [0, 0.1) is 13.8 Å². The summed E-state index contributed by atoms with van der Waals surface area (Å²) in [5.74, 6) is -0.727. The quantitative estimate of drug-likeness (QED) is 0.604. The first-order valence-electron chi connectivity index (χ1n) is 7.83. The lowest BCUT2D eigenvalue weighted by Gasteiger charge is -2.06. The van der Waals surface area contributed by atoms with Crippen molar-refractivity contribution in [3.05, 3.63) is 46.0 Å². The lowest BCUT2D eigenvalue weighted by atomic mass is 9.99. The molecule has 1 aromatic carbocycles. The highest BCUT2D eigenvalue weighted by atomic mass is 32.1. The fourth-order valence-electron chi connectivity index (χ4n) is 2.19. The van der Waals surface area contributed by atoms with Crippen LogP contribution in [0.2, 0.25) is 0 Å². The van der Waals surface area contributed by atoms with Gasteiger partial charge in [-0.05, 0) is 25.5 Å². The van der Waals surface area contributed by atoms with Crippen LogP contribution in [0.5, 0.6) is 0 Å². The summed E-state index contributed by atoms with van der Waals surface area (Å²) in [5.41, 5.74) is 3.11. The number of hydrogen-bond acceptors (Lipinski definition) is 6. The Morgan fingerprint density at radius 3 is 2.68 bits per heavy atom. The summed E-state index contributed by atoms with van der Waals surface area (Å²) in [7, 11) is 0. The monoisotopic (exact) mass is 360 g/mol. The van der Waals surface area contributed by atoms with Crippen molar-refractivity contribution >= 4 is 34.1 Å². The van der Waals surface area contributed by atoms with E-state index < -0.39 is 5.97 Å². The van der Waals surface area contributed by atoms with Crippen molar-refractivity contribution in [2.24, 2.45) is 0 Å². The summed E-state index contributed by atoms with van der Waals surface area (Å²) in [6, 6.07) is 5.68. The molecule has 0 radical (unpaired) electrons. The fraction of sp³-hybridized carbons (Fsp3) is 0.333. The number of nitrogens with zero attached hydrogens (tertiary/aromatic N) is 1. The Morgan fingerprint density at radius 2 is 1.96 bits per heavy atom. The van der Waals surface area contributed by atoms with Gasteiger partial charge in [0.15, 0.2) is 10.9 Å². The molecule has 1 heterocycles. The first-order valence-corrected chi connectivity index (χ1v) is 8.71. The van der Waals surface area contributed by atoms with Gasteiger partial charge in [-0.1, -0.05) is 17.7 Å². The van der Waals surface area contributed by atoms with Gasteiger partial charge in [-0.25, -0.2) is 4.98 Å². The van der Waals surface area contributed by atoms with Crippen LogP contribution in [0.3, 0.4) is 0 Å². The molecule has 7 heteroatoms. The molecule has 0 aliphatic rings. The van der Waals surface area contributed by atoms with Gasteiger partial charge in [-0.3, -0.25) is 14.4 Å². The summed E-state index contributed by atoms with van der Waals surface area (Å²) >= 11 is 1.26. The Balaban J connectivity index is 1.80. The number of esters is 1. The van der Waals surface area contributed by atoms with Crippen LogP contribution in [0.25, 0.3) is 0 Å². The number of rotatable bonds is 7. The number of benzene rings is 1. The average Bonchev–Trinajstić information content (AvgIpc) is 2.99. The Bertz CT molecular complexity index is 798. The van der Waals surface area contributed by atoms with Crippen LogP contribution in [0.4, 0.5) is 5.13 Å².